The molecule has 1 aliphatic heterocycles. The van der Waals surface area contributed by atoms with Crippen molar-refractivity contribution in [2.75, 3.05) is 6.61 Å². The van der Waals surface area contributed by atoms with Crippen molar-refractivity contribution in [3.63, 3.8) is 0 Å². The molecule has 1 saturated heterocycles. The molecule has 1 fully saturated rings. The Morgan fingerprint density at radius 2 is 1.93 bits per heavy atom. The maximum atomic E-state index is 14.6. The van der Waals surface area contributed by atoms with Crippen molar-refractivity contribution in [1.82, 2.24) is 5.32 Å². The molecule has 1 aliphatic rings. The van der Waals surface area contributed by atoms with E-state index >= 15 is 0 Å². The maximum Gasteiger partial charge on any atom is 0.308 e. The van der Waals surface area contributed by atoms with Crippen LogP contribution in [0.3, 0.4) is 0 Å². The van der Waals surface area contributed by atoms with Gasteiger partial charge in [0.05, 0.1) is 19.1 Å². The van der Waals surface area contributed by atoms with E-state index in [1.165, 1.54) is 18.2 Å². The summed E-state index contributed by atoms with van der Waals surface area (Å²) >= 11 is 12.0. The zero-order valence-corrected chi connectivity index (χ0v) is 18.0. The lowest BCUT2D eigenvalue weighted by atomic mass is 9.92. The van der Waals surface area contributed by atoms with Gasteiger partial charge in [-0.25, -0.2) is 4.39 Å². The molecule has 1 amide bonds. The molecule has 5 nitrogen and oxygen atoms in total. The van der Waals surface area contributed by atoms with Gasteiger partial charge in [-0.3, -0.25) is 9.59 Å². The fourth-order valence-electron chi connectivity index (χ4n) is 3.20. The number of halogens is 3. The zero-order chi connectivity index (χ0) is 21.8. The van der Waals surface area contributed by atoms with Crippen LogP contribution in [-0.4, -0.2) is 24.6 Å². The number of amides is 1. The van der Waals surface area contributed by atoms with E-state index in [9.17, 15) is 14.0 Å². The molecule has 0 unspecified atom stereocenters. The number of morpholine rings is 1. The normalized spacial score (nSPS) is 21.4. The SMILES string of the molecule is CC(C)COC(=O)C[C@@H]1O[C@H](c2cccc(Cl)c2)[C@@H](c2ccc(Cl)cc2F)NC1=O. The largest absolute Gasteiger partial charge is 0.465 e. The van der Waals surface area contributed by atoms with Gasteiger partial charge in [0.2, 0.25) is 5.91 Å². The lowest BCUT2D eigenvalue weighted by Gasteiger charge is -2.37. The van der Waals surface area contributed by atoms with Crippen LogP contribution in [-0.2, 0) is 19.1 Å². The Hall–Kier alpha value is -2.15. The molecule has 160 valence electrons. The first-order valence-electron chi connectivity index (χ1n) is 9.56. The number of esters is 1. The number of hydrogen-bond acceptors (Lipinski definition) is 4. The summed E-state index contributed by atoms with van der Waals surface area (Å²) in [5.74, 6) is -1.45. The van der Waals surface area contributed by atoms with Gasteiger partial charge in [0.1, 0.15) is 18.0 Å². The fourth-order valence-corrected chi connectivity index (χ4v) is 3.56. The molecule has 1 heterocycles. The molecule has 30 heavy (non-hydrogen) atoms. The molecule has 1 N–H and O–H groups in total. The monoisotopic (exact) mass is 453 g/mol. The number of carbonyl (C=O) groups is 2. The minimum atomic E-state index is -1.07. The van der Waals surface area contributed by atoms with E-state index in [2.05, 4.69) is 5.32 Å². The Labute approximate surface area is 184 Å². The summed E-state index contributed by atoms with van der Waals surface area (Å²) in [6.45, 7) is 4.08. The zero-order valence-electron chi connectivity index (χ0n) is 16.5. The lowest BCUT2D eigenvalue weighted by Crippen LogP contribution is -2.49. The van der Waals surface area contributed by atoms with Gasteiger partial charge in [-0.15, -0.1) is 0 Å². The fraction of sp³-hybridized carbons (Fsp3) is 0.364. The van der Waals surface area contributed by atoms with Crippen LogP contribution >= 0.6 is 23.2 Å². The third-order valence-electron chi connectivity index (χ3n) is 4.61. The number of hydrogen-bond donors (Lipinski definition) is 1. The summed E-state index contributed by atoms with van der Waals surface area (Å²) in [5.41, 5.74) is 0.862. The van der Waals surface area contributed by atoms with Crippen LogP contribution in [0.4, 0.5) is 4.39 Å². The number of carbonyl (C=O) groups excluding carboxylic acids is 2. The molecular weight excluding hydrogens is 432 g/mol. The standard InChI is InChI=1S/C22H22Cl2FNO4/c1-12(2)11-29-19(27)10-18-22(28)26-20(16-7-6-15(24)9-17(16)25)21(30-18)13-4-3-5-14(23)8-13/h3-9,12,18,20-21H,10-11H2,1-2H3,(H,26,28)/t18-,20+,21+/m0/s1. The van der Waals surface area contributed by atoms with E-state index < -0.39 is 35.9 Å². The van der Waals surface area contributed by atoms with E-state index in [4.69, 9.17) is 32.7 Å². The summed E-state index contributed by atoms with van der Waals surface area (Å²) in [7, 11) is 0. The smallest absolute Gasteiger partial charge is 0.308 e. The third kappa shape index (κ3) is 5.50. The maximum absolute atomic E-state index is 14.6. The van der Waals surface area contributed by atoms with Crippen LogP contribution in [0.1, 0.15) is 43.5 Å². The van der Waals surface area contributed by atoms with Gasteiger partial charge in [0, 0.05) is 15.6 Å². The van der Waals surface area contributed by atoms with Crippen LogP contribution < -0.4 is 5.32 Å². The topological polar surface area (TPSA) is 64.6 Å². The molecule has 3 atom stereocenters. The molecule has 0 bridgehead atoms. The van der Waals surface area contributed by atoms with Crippen molar-refractivity contribution in [3.05, 3.63) is 69.5 Å². The molecule has 2 aromatic rings. The Morgan fingerprint density at radius 1 is 1.20 bits per heavy atom. The van der Waals surface area contributed by atoms with Crippen molar-refractivity contribution in [3.8, 4) is 0 Å². The predicted octanol–water partition coefficient (Wildman–Crippen LogP) is 5.02. The Bertz CT molecular complexity index is 937. The Balaban J connectivity index is 1.89. The van der Waals surface area contributed by atoms with Gasteiger partial charge in [0.25, 0.3) is 0 Å². The molecule has 8 heteroatoms. The second-order valence-corrected chi connectivity index (χ2v) is 8.41. The van der Waals surface area contributed by atoms with E-state index in [-0.39, 0.29) is 29.5 Å². The van der Waals surface area contributed by atoms with Gasteiger partial charge in [-0.2, -0.15) is 0 Å². The molecule has 0 aliphatic carbocycles. The van der Waals surface area contributed by atoms with Gasteiger partial charge in [-0.05, 0) is 35.7 Å². The average molecular weight is 454 g/mol. The molecular formula is C22H22Cl2FNO4. The summed E-state index contributed by atoms with van der Waals surface area (Å²) in [5, 5.41) is 3.49. The van der Waals surface area contributed by atoms with Crippen LogP contribution in [0.5, 0.6) is 0 Å². The van der Waals surface area contributed by atoms with Crippen molar-refractivity contribution in [2.45, 2.75) is 38.5 Å². The van der Waals surface area contributed by atoms with Crippen LogP contribution in [0.15, 0.2) is 42.5 Å². The third-order valence-corrected chi connectivity index (χ3v) is 5.08. The highest BCUT2D eigenvalue weighted by Gasteiger charge is 2.40. The first-order chi connectivity index (χ1) is 14.2. The van der Waals surface area contributed by atoms with Gasteiger partial charge >= 0.3 is 5.97 Å². The summed E-state index contributed by atoms with van der Waals surface area (Å²) in [4.78, 5) is 24.8. The summed E-state index contributed by atoms with van der Waals surface area (Å²) in [6.07, 6.45) is -2.08. The van der Waals surface area contributed by atoms with Crippen LogP contribution in [0.2, 0.25) is 10.0 Å². The average Bonchev–Trinajstić information content (AvgIpc) is 2.68. The van der Waals surface area contributed by atoms with Gasteiger partial charge < -0.3 is 14.8 Å². The van der Waals surface area contributed by atoms with Crippen molar-refractivity contribution >= 4 is 35.1 Å². The quantitative estimate of drug-likeness (QED) is 0.623. The molecule has 3 rings (SSSR count). The molecule has 0 radical (unpaired) electrons. The summed E-state index contributed by atoms with van der Waals surface area (Å²) in [6, 6.07) is 10.3. The highest BCUT2D eigenvalue weighted by Crippen LogP contribution is 2.39. The van der Waals surface area contributed by atoms with Crippen molar-refractivity contribution in [2.24, 2.45) is 5.92 Å². The second-order valence-electron chi connectivity index (χ2n) is 7.53. The van der Waals surface area contributed by atoms with E-state index in [1.807, 2.05) is 13.8 Å². The van der Waals surface area contributed by atoms with E-state index in [0.717, 1.165) is 0 Å². The minimum absolute atomic E-state index is 0.173. The first kappa shape index (κ1) is 22.5. The highest BCUT2D eigenvalue weighted by molar-refractivity contribution is 6.30. The highest BCUT2D eigenvalue weighted by atomic mass is 35.5. The molecule has 0 spiro atoms. The van der Waals surface area contributed by atoms with E-state index in [0.29, 0.717) is 10.6 Å². The lowest BCUT2D eigenvalue weighted by molar-refractivity contribution is -0.162. The first-order valence-corrected chi connectivity index (χ1v) is 10.3. The van der Waals surface area contributed by atoms with E-state index in [1.54, 1.807) is 24.3 Å². The number of benzene rings is 2. The van der Waals surface area contributed by atoms with Crippen LogP contribution in [0, 0.1) is 11.7 Å². The Kier molecular flexibility index (Phi) is 7.34. The van der Waals surface area contributed by atoms with Gasteiger partial charge in [0.15, 0.2) is 0 Å². The number of nitrogens with one attached hydrogen (secondary N) is 1. The van der Waals surface area contributed by atoms with Crippen LogP contribution in [0.25, 0.3) is 0 Å². The Morgan fingerprint density at radius 3 is 2.60 bits per heavy atom. The molecule has 0 saturated carbocycles. The van der Waals surface area contributed by atoms with Gasteiger partial charge in [-0.1, -0.05) is 55.2 Å². The molecule has 2 aromatic carbocycles. The second kappa shape index (κ2) is 9.77. The predicted molar refractivity (Wildman–Crippen MR) is 112 cm³/mol. The van der Waals surface area contributed by atoms with Crippen molar-refractivity contribution in [1.29, 1.82) is 0 Å². The van der Waals surface area contributed by atoms with Crippen molar-refractivity contribution < 1.29 is 23.5 Å². The minimum Gasteiger partial charge on any atom is -0.465 e. The molecule has 0 aromatic heterocycles. The number of rotatable bonds is 6. The summed E-state index contributed by atoms with van der Waals surface area (Å²) < 4.78 is 25.8. The number of ether oxygens (including phenoxy) is 2.